The Morgan fingerprint density at radius 2 is 1.91 bits per heavy atom. The average Bonchev–Trinajstić information content (AvgIpc) is 2.93. The van der Waals surface area contributed by atoms with E-state index in [1.807, 2.05) is 30.3 Å². The number of carbonyl (C=O) groups excluding carboxylic acids is 2. The highest BCUT2D eigenvalue weighted by molar-refractivity contribution is 5.83. The van der Waals surface area contributed by atoms with Crippen molar-refractivity contribution >= 4 is 11.8 Å². The molecule has 194 valence electrons. The van der Waals surface area contributed by atoms with Gasteiger partial charge in [-0.25, -0.2) is 0 Å². The third-order valence-electron chi connectivity index (χ3n) is 10.2. The molecule has 4 rings (SSSR count). The van der Waals surface area contributed by atoms with Gasteiger partial charge in [0, 0.05) is 18.8 Å². The lowest BCUT2D eigenvalue weighted by Crippen LogP contribution is -2.52. The number of aliphatic hydroxyl groups excluding tert-OH is 1. The molecular formula is C31H46O4. The first-order valence-electron chi connectivity index (χ1n) is 14.2. The summed E-state index contributed by atoms with van der Waals surface area (Å²) in [4.78, 5) is 25.7. The van der Waals surface area contributed by atoms with Gasteiger partial charge in [0.05, 0.1) is 6.10 Å². The van der Waals surface area contributed by atoms with E-state index in [0.29, 0.717) is 54.8 Å². The normalized spacial score (nSPS) is 36.6. The predicted octanol–water partition coefficient (Wildman–Crippen LogP) is 6.74. The molecule has 8 atom stereocenters. The molecule has 4 nitrogen and oxygen atoms in total. The van der Waals surface area contributed by atoms with Crippen molar-refractivity contribution in [3.05, 3.63) is 35.9 Å². The Balaban J connectivity index is 1.33. The van der Waals surface area contributed by atoms with Crippen molar-refractivity contribution in [3.8, 4) is 0 Å². The maximum atomic E-state index is 13.3. The first-order valence-corrected chi connectivity index (χ1v) is 14.2. The second-order valence-electron chi connectivity index (χ2n) is 12.3. The number of hydrogen-bond donors (Lipinski definition) is 1. The topological polar surface area (TPSA) is 63.6 Å². The van der Waals surface area contributed by atoms with E-state index in [9.17, 15) is 14.7 Å². The molecule has 35 heavy (non-hydrogen) atoms. The van der Waals surface area contributed by atoms with Gasteiger partial charge in [0.25, 0.3) is 0 Å². The molecule has 0 aliphatic heterocycles. The van der Waals surface area contributed by atoms with Gasteiger partial charge in [0.15, 0.2) is 0 Å². The summed E-state index contributed by atoms with van der Waals surface area (Å²) >= 11 is 0. The van der Waals surface area contributed by atoms with Gasteiger partial charge in [-0.2, -0.15) is 0 Å². The molecule has 0 spiro atoms. The highest BCUT2D eigenvalue weighted by atomic mass is 16.5. The number of Topliss-reactive ketones (excluding diaryl/α,β-unsaturated/α-hetero) is 1. The lowest BCUT2D eigenvalue weighted by molar-refractivity contribution is -0.147. The molecule has 4 heteroatoms. The minimum absolute atomic E-state index is 0.104. The first-order chi connectivity index (χ1) is 16.8. The van der Waals surface area contributed by atoms with Crippen LogP contribution in [0.3, 0.4) is 0 Å². The highest BCUT2D eigenvalue weighted by Gasteiger charge is 2.54. The molecule has 0 amide bonds. The average molecular weight is 483 g/mol. The van der Waals surface area contributed by atoms with E-state index in [4.69, 9.17) is 4.74 Å². The van der Waals surface area contributed by atoms with Crippen molar-refractivity contribution in [3.63, 3.8) is 0 Å². The van der Waals surface area contributed by atoms with E-state index in [1.54, 1.807) is 0 Å². The van der Waals surface area contributed by atoms with Crippen LogP contribution in [0, 0.1) is 40.9 Å². The molecule has 1 N–H and O–H groups in total. The van der Waals surface area contributed by atoms with Gasteiger partial charge < -0.3 is 9.84 Å². The lowest BCUT2D eigenvalue weighted by atomic mass is 9.49. The Morgan fingerprint density at radius 1 is 1.14 bits per heavy atom. The summed E-state index contributed by atoms with van der Waals surface area (Å²) in [6.45, 7) is 7.39. The van der Waals surface area contributed by atoms with E-state index in [1.165, 1.54) is 12.8 Å². The molecule has 0 radical (unpaired) electrons. The van der Waals surface area contributed by atoms with Crippen molar-refractivity contribution in [2.24, 2.45) is 40.9 Å². The van der Waals surface area contributed by atoms with E-state index in [-0.39, 0.29) is 23.4 Å². The molecule has 3 aliphatic carbocycles. The molecule has 3 saturated carbocycles. The summed E-state index contributed by atoms with van der Waals surface area (Å²) in [7, 11) is 0. The maximum absolute atomic E-state index is 13.3. The zero-order valence-corrected chi connectivity index (χ0v) is 22.1. The van der Waals surface area contributed by atoms with Crippen molar-refractivity contribution in [2.75, 3.05) is 0 Å². The van der Waals surface area contributed by atoms with Crippen LogP contribution in [0.25, 0.3) is 0 Å². The van der Waals surface area contributed by atoms with Crippen molar-refractivity contribution in [2.45, 2.75) is 104 Å². The van der Waals surface area contributed by atoms with Gasteiger partial charge in [-0.3, -0.25) is 9.59 Å². The number of fused-ring (bicyclic) bond motifs is 3. The summed E-state index contributed by atoms with van der Waals surface area (Å²) in [5, 5.41) is 10.3. The van der Waals surface area contributed by atoms with Crippen LogP contribution in [-0.2, 0) is 20.9 Å². The van der Waals surface area contributed by atoms with Gasteiger partial charge >= 0.3 is 5.97 Å². The summed E-state index contributed by atoms with van der Waals surface area (Å²) in [5.74, 6) is 2.86. The minimum Gasteiger partial charge on any atom is -0.461 e. The van der Waals surface area contributed by atoms with Crippen LogP contribution in [0.4, 0.5) is 0 Å². The van der Waals surface area contributed by atoms with Crippen molar-refractivity contribution in [1.29, 1.82) is 0 Å². The smallest absolute Gasteiger partial charge is 0.306 e. The van der Waals surface area contributed by atoms with Crippen LogP contribution in [0.15, 0.2) is 30.3 Å². The number of carbonyl (C=O) groups is 2. The number of hydrogen-bond acceptors (Lipinski definition) is 4. The van der Waals surface area contributed by atoms with Crippen LogP contribution in [-0.4, -0.2) is 23.0 Å². The van der Waals surface area contributed by atoms with E-state index >= 15 is 0 Å². The Hall–Kier alpha value is -1.68. The number of ketones is 1. The van der Waals surface area contributed by atoms with Crippen LogP contribution in [0.5, 0.6) is 0 Å². The molecular weight excluding hydrogens is 436 g/mol. The van der Waals surface area contributed by atoms with Gasteiger partial charge in [0.1, 0.15) is 12.4 Å². The Kier molecular flexibility index (Phi) is 8.73. The molecule has 0 saturated heterocycles. The van der Waals surface area contributed by atoms with Crippen LogP contribution < -0.4 is 0 Å². The molecule has 1 aromatic carbocycles. The number of benzene rings is 1. The van der Waals surface area contributed by atoms with Crippen LogP contribution in [0.1, 0.15) is 97.0 Å². The molecule has 0 bridgehead atoms. The van der Waals surface area contributed by atoms with Crippen LogP contribution in [0.2, 0.25) is 0 Å². The molecule has 3 fully saturated rings. The standard InChI is InChI=1S/C31H46O4/c1-21(13-15-29(34)35-20-23-8-5-4-6-9-23)24-10-7-11-27-30(22(2)12-14-24)28(33)19-25-18-26(32)16-17-31(25,27)3/h4-6,8-9,21-22,24-27,30,32H,7,10-20H2,1-3H3/t21-,22?,24?,25+,26-,27?,30?,31+/m1/s1. The predicted molar refractivity (Wildman–Crippen MR) is 138 cm³/mol. The van der Waals surface area contributed by atoms with E-state index in [2.05, 4.69) is 20.8 Å². The van der Waals surface area contributed by atoms with Crippen LogP contribution >= 0.6 is 0 Å². The Bertz CT molecular complexity index is 851. The van der Waals surface area contributed by atoms with Gasteiger partial charge in [-0.1, -0.05) is 63.9 Å². The quantitative estimate of drug-likeness (QED) is 0.456. The molecule has 3 aliphatic rings. The molecule has 0 heterocycles. The van der Waals surface area contributed by atoms with Crippen molar-refractivity contribution in [1.82, 2.24) is 0 Å². The fraction of sp³-hybridized carbons (Fsp3) is 0.742. The third-order valence-corrected chi connectivity index (χ3v) is 10.2. The second kappa shape index (κ2) is 11.6. The van der Waals surface area contributed by atoms with Crippen molar-refractivity contribution < 1.29 is 19.4 Å². The zero-order valence-electron chi connectivity index (χ0n) is 22.1. The number of ether oxygens (including phenoxy) is 1. The number of esters is 1. The largest absolute Gasteiger partial charge is 0.461 e. The minimum atomic E-state index is -0.226. The third kappa shape index (κ3) is 6.18. The van der Waals surface area contributed by atoms with E-state index < -0.39 is 0 Å². The SMILES string of the molecule is CC1CCC([C@H](C)CCC(=O)OCc2ccccc2)CCCC2C1C(=O)C[C@@H]1C[C@H](O)CC[C@]21C. The summed E-state index contributed by atoms with van der Waals surface area (Å²) in [5.41, 5.74) is 1.22. The fourth-order valence-corrected chi connectivity index (χ4v) is 7.80. The second-order valence-corrected chi connectivity index (χ2v) is 12.3. The molecule has 1 aromatic rings. The summed E-state index contributed by atoms with van der Waals surface area (Å²) < 4.78 is 5.50. The van der Waals surface area contributed by atoms with Gasteiger partial charge in [-0.15, -0.1) is 0 Å². The Labute approximate surface area is 212 Å². The van der Waals surface area contributed by atoms with Gasteiger partial charge in [0.2, 0.25) is 0 Å². The zero-order chi connectivity index (χ0) is 25.0. The summed E-state index contributed by atoms with van der Waals surface area (Å²) in [6, 6.07) is 9.86. The molecule has 4 unspecified atom stereocenters. The molecule has 0 aromatic heterocycles. The van der Waals surface area contributed by atoms with E-state index in [0.717, 1.165) is 50.5 Å². The van der Waals surface area contributed by atoms with Gasteiger partial charge in [-0.05, 0) is 85.5 Å². The maximum Gasteiger partial charge on any atom is 0.306 e. The highest BCUT2D eigenvalue weighted by Crippen LogP contribution is 2.58. The lowest BCUT2D eigenvalue weighted by Gasteiger charge is -2.55. The fourth-order valence-electron chi connectivity index (χ4n) is 7.80. The first kappa shape index (κ1) is 26.4. The number of aliphatic hydroxyl groups is 1. The Morgan fingerprint density at radius 3 is 2.69 bits per heavy atom. The monoisotopic (exact) mass is 482 g/mol. The number of rotatable bonds is 6. The summed E-state index contributed by atoms with van der Waals surface area (Å²) in [6.07, 6.45) is 10.3.